The maximum atomic E-state index is 12.7. The van der Waals surface area contributed by atoms with E-state index in [4.69, 9.17) is 0 Å². The Morgan fingerprint density at radius 2 is 1.88 bits per heavy atom. The highest BCUT2D eigenvalue weighted by atomic mass is 32.2. The van der Waals surface area contributed by atoms with Crippen LogP contribution < -0.4 is 4.90 Å². The summed E-state index contributed by atoms with van der Waals surface area (Å²) in [5.41, 5.74) is 0.122. The van der Waals surface area contributed by atoms with Gasteiger partial charge in [-0.05, 0) is 31.4 Å². The van der Waals surface area contributed by atoms with Gasteiger partial charge in [-0.15, -0.1) is 0 Å². The second-order valence-corrected chi connectivity index (χ2v) is 8.20. The average molecular weight is 355 g/mol. The van der Waals surface area contributed by atoms with Gasteiger partial charge < -0.3 is 10.0 Å². The molecule has 2 saturated heterocycles. The Labute approximate surface area is 140 Å². The van der Waals surface area contributed by atoms with Crippen molar-refractivity contribution in [2.45, 2.75) is 36.7 Å². The molecule has 0 aromatic heterocycles. The van der Waals surface area contributed by atoms with E-state index in [1.165, 1.54) is 16.4 Å². The molecule has 0 unspecified atom stereocenters. The largest absolute Gasteiger partial charge is 0.391 e. The van der Waals surface area contributed by atoms with E-state index in [9.17, 15) is 23.6 Å². The molecule has 1 aromatic carbocycles. The normalized spacial score (nSPS) is 22.7. The van der Waals surface area contributed by atoms with Crippen LogP contribution in [0, 0.1) is 10.1 Å². The van der Waals surface area contributed by atoms with Crippen LogP contribution in [0.5, 0.6) is 0 Å². The molecule has 0 spiro atoms. The fourth-order valence-electron chi connectivity index (χ4n) is 3.29. The Morgan fingerprint density at radius 3 is 2.46 bits per heavy atom. The molecule has 1 aromatic rings. The molecule has 2 aliphatic heterocycles. The van der Waals surface area contributed by atoms with Crippen LogP contribution in [-0.2, 0) is 10.0 Å². The first kappa shape index (κ1) is 17.1. The van der Waals surface area contributed by atoms with Gasteiger partial charge in [0.15, 0.2) is 0 Å². The quantitative estimate of drug-likeness (QED) is 0.646. The monoisotopic (exact) mass is 355 g/mol. The third-order valence-electron chi connectivity index (χ3n) is 4.60. The zero-order chi connectivity index (χ0) is 17.3. The van der Waals surface area contributed by atoms with Crippen LogP contribution in [0.15, 0.2) is 23.1 Å². The highest BCUT2D eigenvalue weighted by Crippen LogP contribution is 2.34. The molecule has 3 rings (SSSR count). The van der Waals surface area contributed by atoms with Crippen molar-refractivity contribution in [2.75, 3.05) is 31.1 Å². The van der Waals surface area contributed by atoms with E-state index in [-0.39, 0.29) is 10.6 Å². The van der Waals surface area contributed by atoms with Gasteiger partial charge in [-0.1, -0.05) is 6.42 Å². The Bertz CT molecular complexity index is 731. The molecule has 0 amide bonds. The predicted octanol–water partition coefficient (Wildman–Crippen LogP) is 1.34. The van der Waals surface area contributed by atoms with Gasteiger partial charge in [0.25, 0.3) is 5.69 Å². The van der Waals surface area contributed by atoms with Gasteiger partial charge >= 0.3 is 0 Å². The highest BCUT2D eigenvalue weighted by Gasteiger charge is 2.31. The van der Waals surface area contributed by atoms with Gasteiger partial charge in [0.1, 0.15) is 5.69 Å². The van der Waals surface area contributed by atoms with Crippen molar-refractivity contribution in [1.29, 1.82) is 0 Å². The SMILES string of the molecule is O=[N+]([O-])c1cc(S(=O)(=O)N2CCCCC2)ccc1N1CC[C@H](O)C1. The smallest absolute Gasteiger partial charge is 0.293 e. The second kappa shape index (κ2) is 6.66. The van der Waals surface area contributed by atoms with Crippen molar-refractivity contribution in [3.8, 4) is 0 Å². The molecule has 2 fully saturated rings. The standard InChI is InChI=1S/C15H21N3O5S/c19-12-6-9-16(11-12)14-5-4-13(10-15(14)18(20)21)24(22,23)17-7-2-1-3-8-17/h4-5,10,12,19H,1-3,6-9,11H2/t12-/m0/s1. The summed E-state index contributed by atoms with van der Waals surface area (Å²) >= 11 is 0. The summed E-state index contributed by atoms with van der Waals surface area (Å²) in [5.74, 6) is 0. The van der Waals surface area contributed by atoms with Crippen LogP contribution in [0.25, 0.3) is 0 Å². The topological polar surface area (TPSA) is 104 Å². The molecule has 0 bridgehead atoms. The summed E-state index contributed by atoms with van der Waals surface area (Å²) in [6.45, 7) is 1.74. The molecule has 0 radical (unpaired) electrons. The van der Waals surface area contributed by atoms with Crippen molar-refractivity contribution >= 4 is 21.4 Å². The number of piperidine rings is 1. The van der Waals surface area contributed by atoms with Crippen molar-refractivity contribution < 1.29 is 18.4 Å². The summed E-state index contributed by atoms with van der Waals surface area (Å²) in [5, 5.41) is 21.1. The zero-order valence-corrected chi connectivity index (χ0v) is 14.1. The first-order valence-corrected chi connectivity index (χ1v) is 9.55. The maximum absolute atomic E-state index is 12.7. The lowest BCUT2D eigenvalue weighted by Crippen LogP contribution is -2.35. The van der Waals surface area contributed by atoms with Gasteiger partial charge in [-0.25, -0.2) is 8.42 Å². The second-order valence-electron chi connectivity index (χ2n) is 6.26. The lowest BCUT2D eigenvalue weighted by Gasteiger charge is -2.26. The molecule has 1 atom stereocenters. The summed E-state index contributed by atoms with van der Waals surface area (Å²) < 4.78 is 26.8. The Kier molecular flexibility index (Phi) is 4.75. The summed E-state index contributed by atoms with van der Waals surface area (Å²) in [6.07, 6.45) is 2.66. The fraction of sp³-hybridized carbons (Fsp3) is 0.600. The molecule has 24 heavy (non-hydrogen) atoms. The lowest BCUT2D eigenvalue weighted by atomic mass is 10.2. The molecular weight excluding hydrogens is 334 g/mol. The van der Waals surface area contributed by atoms with Crippen LogP contribution in [0.4, 0.5) is 11.4 Å². The number of nitro groups is 1. The van der Waals surface area contributed by atoms with Crippen molar-refractivity contribution in [2.24, 2.45) is 0 Å². The number of sulfonamides is 1. The molecule has 9 heteroatoms. The number of nitrogens with zero attached hydrogens (tertiary/aromatic N) is 3. The van der Waals surface area contributed by atoms with Crippen LogP contribution in [0.2, 0.25) is 0 Å². The number of β-amino-alcohol motifs (C(OH)–C–C–N with tert-alkyl or cyclic N) is 1. The van der Waals surface area contributed by atoms with E-state index in [2.05, 4.69) is 0 Å². The first-order valence-electron chi connectivity index (χ1n) is 8.11. The van der Waals surface area contributed by atoms with Gasteiger partial charge in [0, 0.05) is 32.2 Å². The molecule has 8 nitrogen and oxygen atoms in total. The van der Waals surface area contributed by atoms with E-state index >= 15 is 0 Å². The highest BCUT2D eigenvalue weighted by molar-refractivity contribution is 7.89. The third kappa shape index (κ3) is 3.24. The minimum atomic E-state index is -3.71. The van der Waals surface area contributed by atoms with Gasteiger partial charge in [0.2, 0.25) is 10.0 Å². The molecule has 2 heterocycles. The average Bonchev–Trinajstić information content (AvgIpc) is 3.01. The Morgan fingerprint density at radius 1 is 1.17 bits per heavy atom. The first-order chi connectivity index (χ1) is 11.4. The number of benzene rings is 1. The van der Waals surface area contributed by atoms with E-state index in [1.54, 1.807) is 4.90 Å². The van der Waals surface area contributed by atoms with Gasteiger partial charge in [-0.3, -0.25) is 10.1 Å². The minimum Gasteiger partial charge on any atom is -0.391 e. The van der Waals surface area contributed by atoms with Crippen LogP contribution in [-0.4, -0.2) is 55.0 Å². The van der Waals surface area contributed by atoms with Crippen LogP contribution in [0.3, 0.4) is 0 Å². The van der Waals surface area contributed by atoms with Crippen LogP contribution >= 0.6 is 0 Å². The Balaban J connectivity index is 1.95. The summed E-state index contributed by atoms with van der Waals surface area (Å²) in [4.78, 5) is 12.5. The molecule has 1 N–H and O–H groups in total. The molecule has 0 aliphatic carbocycles. The van der Waals surface area contributed by atoms with Crippen molar-refractivity contribution in [3.63, 3.8) is 0 Å². The van der Waals surface area contributed by atoms with E-state index in [1.807, 2.05) is 0 Å². The van der Waals surface area contributed by atoms with Gasteiger partial charge in [0.05, 0.1) is 15.9 Å². The number of anilines is 1. The Hall–Kier alpha value is -1.71. The summed E-state index contributed by atoms with van der Waals surface area (Å²) in [6, 6.07) is 4.05. The van der Waals surface area contributed by atoms with E-state index in [0.29, 0.717) is 38.3 Å². The molecule has 2 aliphatic rings. The number of hydrogen-bond donors (Lipinski definition) is 1. The van der Waals surface area contributed by atoms with E-state index in [0.717, 1.165) is 25.3 Å². The van der Waals surface area contributed by atoms with Crippen molar-refractivity contribution in [3.05, 3.63) is 28.3 Å². The third-order valence-corrected chi connectivity index (χ3v) is 6.50. The molecular formula is C15H21N3O5S. The number of nitro benzene ring substituents is 1. The summed E-state index contributed by atoms with van der Waals surface area (Å²) in [7, 11) is -3.71. The molecule has 0 saturated carbocycles. The van der Waals surface area contributed by atoms with E-state index < -0.39 is 21.1 Å². The number of hydrogen-bond acceptors (Lipinski definition) is 6. The predicted molar refractivity (Wildman–Crippen MR) is 88.5 cm³/mol. The molecule has 132 valence electrons. The number of rotatable bonds is 4. The number of aliphatic hydroxyl groups is 1. The number of aliphatic hydroxyl groups excluding tert-OH is 1. The van der Waals surface area contributed by atoms with Crippen LogP contribution in [0.1, 0.15) is 25.7 Å². The van der Waals surface area contributed by atoms with Gasteiger partial charge in [-0.2, -0.15) is 4.31 Å². The van der Waals surface area contributed by atoms with Crippen molar-refractivity contribution in [1.82, 2.24) is 4.31 Å². The minimum absolute atomic E-state index is 0.0420. The maximum Gasteiger partial charge on any atom is 0.293 e. The fourth-order valence-corrected chi connectivity index (χ4v) is 4.83. The lowest BCUT2D eigenvalue weighted by molar-refractivity contribution is -0.384. The zero-order valence-electron chi connectivity index (χ0n) is 13.3.